The molecule has 0 saturated carbocycles. The molecule has 0 spiro atoms. The van der Waals surface area contributed by atoms with Gasteiger partial charge >= 0.3 is 0 Å². The van der Waals surface area contributed by atoms with Gasteiger partial charge in [0.25, 0.3) is 0 Å². The number of benzene rings is 1. The van der Waals surface area contributed by atoms with Gasteiger partial charge in [-0.25, -0.2) is 8.78 Å². The third-order valence-corrected chi connectivity index (χ3v) is 4.23. The van der Waals surface area contributed by atoms with Crippen LogP contribution in [0, 0.1) is 11.6 Å². The molecule has 3 rings (SSSR count). The van der Waals surface area contributed by atoms with E-state index >= 15 is 0 Å². The van der Waals surface area contributed by atoms with Crippen molar-refractivity contribution in [1.82, 2.24) is 14.8 Å². The summed E-state index contributed by atoms with van der Waals surface area (Å²) in [5, 5.41) is 0. The normalized spacial score (nSPS) is 16.6. The number of nitrogens with zero attached hydrogens (tertiary/aromatic N) is 3. The molecule has 1 aliphatic rings. The molecule has 2 heterocycles. The fourth-order valence-corrected chi connectivity index (χ4v) is 2.96. The Morgan fingerprint density at radius 3 is 2.26 bits per heavy atom. The average Bonchev–Trinajstić information content (AvgIpc) is 2.54. The summed E-state index contributed by atoms with van der Waals surface area (Å²) in [5.41, 5.74) is 1.96. The van der Waals surface area contributed by atoms with E-state index in [1.807, 2.05) is 12.3 Å². The number of hydrogen-bond acceptors (Lipinski definition) is 3. The minimum absolute atomic E-state index is 0.505. The highest BCUT2D eigenvalue weighted by Gasteiger charge is 2.17. The van der Waals surface area contributed by atoms with Crippen LogP contribution in [0.15, 0.2) is 42.7 Å². The van der Waals surface area contributed by atoms with Crippen LogP contribution >= 0.6 is 0 Å². The van der Waals surface area contributed by atoms with E-state index in [-0.39, 0.29) is 0 Å². The first-order chi connectivity index (χ1) is 11.2. The summed E-state index contributed by atoms with van der Waals surface area (Å²) >= 11 is 0. The van der Waals surface area contributed by atoms with Crippen LogP contribution in [0.2, 0.25) is 0 Å². The predicted molar refractivity (Wildman–Crippen MR) is 86.0 cm³/mol. The summed E-state index contributed by atoms with van der Waals surface area (Å²) < 4.78 is 26.5. The van der Waals surface area contributed by atoms with Crippen LogP contribution in [-0.2, 0) is 13.0 Å². The Morgan fingerprint density at radius 2 is 1.61 bits per heavy atom. The minimum Gasteiger partial charge on any atom is -0.300 e. The monoisotopic (exact) mass is 317 g/mol. The molecule has 122 valence electrons. The van der Waals surface area contributed by atoms with Gasteiger partial charge in [0.2, 0.25) is 0 Å². The molecule has 2 aromatic rings. The molecular weight excluding hydrogens is 296 g/mol. The van der Waals surface area contributed by atoms with Crippen molar-refractivity contribution in [1.29, 1.82) is 0 Å². The van der Waals surface area contributed by atoms with Gasteiger partial charge in [-0.15, -0.1) is 0 Å². The fourth-order valence-electron chi connectivity index (χ4n) is 2.96. The molecule has 0 N–H and O–H groups in total. The van der Waals surface area contributed by atoms with Crippen LogP contribution in [-0.4, -0.2) is 47.5 Å². The van der Waals surface area contributed by atoms with Crippen molar-refractivity contribution >= 4 is 0 Å². The van der Waals surface area contributed by atoms with Crippen molar-refractivity contribution in [3.8, 4) is 0 Å². The standard InChI is InChI=1S/C18H21F2N3/c19-17-10-16(11-18(20)12-17)14-23-8-6-22(7-9-23)5-3-15-2-1-4-21-13-15/h1-2,4,10-13H,3,5-9,14H2. The molecule has 5 heteroatoms. The van der Waals surface area contributed by atoms with Crippen molar-refractivity contribution in [3.05, 3.63) is 65.5 Å². The van der Waals surface area contributed by atoms with E-state index in [0.717, 1.165) is 45.2 Å². The Labute approximate surface area is 135 Å². The molecule has 0 aliphatic carbocycles. The maximum absolute atomic E-state index is 13.2. The number of halogens is 2. The van der Waals surface area contributed by atoms with Crippen LogP contribution in [0.3, 0.4) is 0 Å². The number of hydrogen-bond donors (Lipinski definition) is 0. The SMILES string of the molecule is Fc1cc(F)cc(CN2CCN(CCc3cccnc3)CC2)c1. The van der Waals surface area contributed by atoms with Gasteiger partial charge in [-0.3, -0.25) is 9.88 Å². The maximum atomic E-state index is 13.2. The zero-order valence-electron chi connectivity index (χ0n) is 13.1. The zero-order valence-corrected chi connectivity index (χ0v) is 13.1. The Bertz CT molecular complexity index is 605. The Kier molecular flexibility index (Phi) is 5.31. The Hall–Kier alpha value is -1.85. The van der Waals surface area contributed by atoms with Gasteiger partial charge in [0.05, 0.1) is 0 Å². The van der Waals surface area contributed by atoms with E-state index < -0.39 is 11.6 Å². The first-order valence-corrected chi connectivity index (χ1v) is 7.97. The molecule has 1 fully saturated rings. The molecular formula is C18H21F2N3. The summed E-state index contributed by atoms with van der Waals surface area (Å²) in [5.74, 6) is -1.01. The van der Waals surface area contributed by atoms with Crippen LogP contribution in [0.25, 0.3) is 0 Å². The lowest BCUT2D eigenvalue weighted by molar-refractivity contribution is 0.128. The number of rotatable bonds is 5. The van der Waals surface area contributed by atoms with Crippen LogP contribution in [0.5, 0.6) is 0 Å². The van der Waals surface area contributed by atoms with E-state index in [1.54, 1.807) is 6.20 Å². The van der Waals surface area contributed by atoms with Crippen molar-refractivity contribution in [2.45, 2.75) is 13.0 Å². The highest BCUT2D eigenvalue weighted by atomic mass is 19.1. The molecule has 23 heavy (non-hydrogen) atoms. The lowest BCUT2D eigenvalue weighted by atomic mass is 10.1. The van der Waals surface area contributed by atoms with E-state index in [4.69, 9.17) is 0 Å². The average molecular weight is 317 g/mol. The first kappa shape index (κ1) is 16.0. The lowest BCUT2D eigenvalue weighted by Crippen LogP contribution is -2.46. The lowest BCUT2D eigenvalue weighted by Gasteiger charge is -2.34. The van der Waals surface area contributed by atoms with Crippen LogP contribution in [0.1, 0.15) is 11.1 Å². The van der Waals surface area contributed by atoms with Crippen LogP contribution in [0.4, 0.5) is 8.78 Å². The number of pyridine rings is 1. The van der Waals surface area contributed by atoms with E-state index in [2.05, 4.69) is 20.9 Å². The van der Waals surface area contributed by atoms with Crippen molar-refractivity contribution in [2.24, 2.45) is 0 Å². The largest absolute Gasteiger partial charge is 0.300 e. The van der Waals surface area contributed by atoms with Gasteiger partial charge < -0.3 is 4.90 Å². The molecule has 0 unspecified atom stereocenters. The second-order valence-corrected chi connectivity index (χ2v) is 6.01. The molecule has 0 amide bonds. The molecule has 1 aromatic carbocycles. The van der Waals surface area contributed by atoms with Crippen molar-refractivity contribution < 1.29 is 8.78 Å². The van der Waals surface area contributed by atoms with E-state index in [9.17, 15) is 8.78 Å². The van der Waals surface area contributed by atoms with Crippen molar-refractivity contribution in [3.63, 3.8) is 0 Å². The molecule has 0 bridgehead atoms. The second-order valence-electron chi connectivity index (χ2n) is 6.01. The highest BCUT2D eigenvalue weighted by Crippen LogP contribution is 2.12. The Balaban J connectivity index is 1.45. The summed E-state index contributed by atoms with van der Waals surface area (Å²) in [7, 11) is 0. The first-order valence-electron chi connectivity index (χ1n) is 7.97. The van der Waals surface area contributed by atoms with Gasteiger partial charge in [0.1, 0.15) is 11.6 Å². The summed E-state index contributed by atoms with van der Waals surface area (Å²) in [4.78, 5) is 8.80. The molecule has 0 atom stereocenters. The van der Waals surface area contributed by atoms with Gasteiger partial charge in [-0.2, -0.15) is 0 Å². The van der Waals surface area contributed by atoms with Gasteiger partial charge in [0, 0.05) is 57.7 Å². The number of piperazine rings is 1. The predicted octanol–water partition coefficient (Wildman–Crippen LogP) is 2.72. The van der Waals surface area contributed by atoms with E-state index in [0.29, 0.717) is 12.1 Å². The smallest absolute Gasteiger partial charge is 0.126 e. The Morgan fingerprint density at radius 1 is 0.913 bits per heavy atom. The summed E-state index contributed by atoms with van der Waals surface area (Å²) in [6.07, 6.45) is 4.70. The van der Waals surface area contributed by atoms with Gasteiger partial charge in [-0.05, 0) is 35.7 Å². The third-order valence-electron chi connectivity index (χ3n) is 4.23. The quantitative estimate of drug-likeness (QED) is 0.845. The molecule has 1 aliphatic heterocycles. The van der Waals surface area contributed by atoms with Crippen molar-refractivity contribution in [2.75, 3.05) is 32.7 Å². The molecule has 1 aromatic heterocycles. The fraction of sp³-hybridized carbons (Fsp3) is 0.389. The van der Waals surface area contributed by atoms with Gasteiger partial charge in [0.15, 0.2) is 0 Å². The van der Waals surface area contributed by atoms with E-state index in [1.165, 1.54) is 17.7 Å². The molecule has 1 saturated heterocycles. The topological polar surface area (TPSA) is 19.4 Å². The zero-order chi connectivity index (χ0) is 16.1. The van der Waals surface area contributed by atoms with Gasteiger partial charge in [-0.1, -0.05) is 6.07 Å². The summed E-state index contributed by atoms with van der Waals surface area (Å²) in [6.45, 7) is 5.44. The third kappa shape index (κ3) is 4.81. The highest BCUT2D eigenvalue weighted by molar-refractivity contribution is 5.17. The second kappa shape index (κ2) is 7.62. The maximum Gasteiger partial charge on any atom is 0.126 e. The minimum atomic E-state index is -0.505. The molecule has 3 nitrogen and oxygen atoms in total. The van der Waals surface area contributed by atoms with Crippen LogP contribution < -0.4 is 0 Å². The molecule has 0 radical (unpaired) electrons. The number of aromatic nitrogens is 1. The summed E-state index contributed by atoms with van der Waals surface area (Å²) in [6, 6.07) is 7.81.